The average molecular weight is 247 g/mol. The summed E-state index contributed by atoms with van der Waals surface area (Å²) in [5.74, 6) is 6.30. The average Bonchev–Trinajstić information content (AvgIpc) is 2.69. The lowest BCUT2D eigenvalue weighted by atomic mass is 9.98. The summed E-state index contributed by atoms with van der Waals surface area (Å²) in [5.41, 5.74) is 0. The van der Waals surface area contributed by atoms with Crippen LogP contribution in [0.5, 0.6) is 0 Å². The van der Waals surface area contributed by atoms with Crippen LogP contribution >= 0.6 is 23.5 Å². The van der Waals surface area contributed by atoms with Crippen LogP contribution in [-0.4, -0.2) is 35.6 Å². The Bertz CT molecular complexity index is 153. The highest BCUT2D eigenvalue weighted by atomic mass is 32.2. The summed E-state index contributed by atoms with van der Waals surface area (Å²) >= 11 is 4.22. The minimum atomic E-state index is 0.807. The van der Waals surface area contributed by atoms with Crippen LogP contribution in [0.15, 0.2) is 0 Å². The van der Waals surface area contributed by atoms with Gasteiger partial charge in [-0.15, -0.1) is 0 Å². The van der Waals surface area contributed by atoms with E-state index in [9.17, 15) is 0 Å². The topological polar surface area (TPSA) is 12.0 Å². The fraction of sp³-hybridized carbons (Fsp3) is 1.00. The van der Waals surface area contributed by atoms with Gasteiger partial charge in [0.05, 0.1) is 0 Å². The van der Waals surface area contributed by atoms with Crippen molar-refractivity contribution in [3.05, 3.63) is 0 Å². The van der Waals surface area contributed by atoms with Crippen LogP contribution in [0.25, 0.3) is 0 Å². The molecule has 1 rings (SSSR count). The molecule has 0 amide bonds. The number of nitrogens with one attached hydrogen (secondary N) is 1. The predicted molar refractivity (Wildman–Crippen MR) is 75.1 cm³/mol. The van der Waals surface area contributed by atoms with E-state index in [1.807, 2.05) is 0 Å². The second-order valence-electron chi connectivity index (χ2n) is 4.20. The third-order valence-corrected chi connectivity index (χ3v) is 5.17. The van der Waals surface area contributed by atoms with Gasteiger partial charge in [-0.3, -0.25) is 0 Å². The highest BCUT2D eigenvalue weighted by molar-refractivity contribution is 7.99. The first-order valence-electron chi connectivity index (χ1n) is 6.27. The molecule has 1 saturated heterocycles. The highest BCUT2D eigenvalue weighted by Crippen LogP contribution is 2.28. The first-order chi connectivity index (χ1) is 7.38. The second-order valence-corrected chi connectivity index (χ2v) is 6.67. The van der Waals surface area contributed by atoms with Crippen LogP contribution in [0.2, 0.25) is 0 Å². The van der Waals surface area contributed by atoms with Gasteiger partial charge in [-0.1, -0.05) is 13.8 Å². The molecule has 0 bridgehead atoms. The Morgan fingerprint density at radius 3 is 2.93 bits per heavy atom. The first-order valence-corrected chi connectivity index (χ1v) is 8.58. The minimum absolute atomic E-state index is 0.807. The first kappa shape index (κ1) is 13.7. The normalized spacial score (nSPS) is 26.0. The van der Waals surface area contributed by atoms with E-state index in [-0.39, 0.29) is 0 Å². The van der Waals surface area contributed by atoms with Crippen LogP contribution in [-0.2, 0) is 0 Å². The van der Waals surface area contributed by atoms with E-state index in [2.05, 4.69) is 42.7 Å². The molecule has 0 aromatic heterocycles. The van der Waals surface area contributed by atoms with Crippen molar-refractivity contribution in [2.24, 2.45) is 5.92 Å². The van der Waals surface area contributed by atoms with Gasteiger partial charge in [0.2, 0.25) is 0 Å². The van der Waals surface area contributed by atoms with Crippen LogP contribution in [0.4, 0.5) is 0 Å². The van der Waals surface area contributed by atoms with Gasteiger partial charge in [-0.25, -0.2) is 0 Å². The van der Waals surface area contributed by atoms with Gasteiger partial charge < -0.3 is 5.32 Å². The molecule has 0 radical (unpaired) electrons. The van der Waals surface area contributed by atoms with E-state index < -0.39 is 0 Å². The molecular weight excluding hydrogens is 222 g/mol. The van der Waals surface area contributed by atoms with Crippen molar-refractivity contribution in [1.82, 2.24) is 5.32 Å². The molecule has 0 saturated carbocycles. The maximum atomic E-state index is 3.69. The summed E-state index contributed by atoms with van der Waals surface area (Å²) in [5, 5.41) is 3.69. The molecule has 2 unspecified atom stereocenters. The fourth-order valence-electron chi connectivity index (χ4n) is 2.03. The summed E-state index contributed by atoms with van der Waals surface area (Å²) in [4.78, 5) is 0. The summed E-state index contributed by atoms with van der Waals surface area (Å²) in [7, 11) is 0. The Hall–Kier alpha value is 0.660. The number of hydrogen-bond acceptors (Lipinski definition) is 3. The van der Waals surface area contributed by atoms with Crippen LogP contribution in [0.3, 0.4) is 0 Å². The van der Waals surface area contributed by atoms with Gasteiger partial charge in [0.1, 0.15) is 0 Å². The molecule has 3 heteroatoms. The molecule has 1 aliphatic rings. The zero-order valence-electron chi connectivity index (χ0n) is 10.1. The van der Waals surface area contributed by atoms with Gasteiger partial charge in [0.15, 0.2) is 0 Å². The van der Waals surface area contributed by atoms with Crippen molar-refractivity contribution >= 4 is 23.5 Å². The van der Waals surface area contributed by atoms with Crippen molar-refractivity contribution in [2.45, 2.75) is 39.2 Å². The third-order valence-electron chi connectivity index (χ3n) is 2.92. The molecule has 2 atom stereocenters. The standard InChI is InChI=1S/C12H25NS2/c1-3-7-13-12-10-15-9-11(12)6-5-8-14-4-2/h11-13H,3-10H2,1-2H3. The Kier molecular flexibility index (Phi) is 8.02. The molecule has 0 aromatic carbocycles. The molecule has 1 N–H and O–H groups in total. The van der Waals surface area contributed by atoms with E-state index in [0.717, 1.165) is 12.0 Å². The number of thioether (sulfide) groups is 2. The van der Waals surface area contributed by atoms with Gasteiger partial charge >= 0.3 is 0 Å². The quantitative estimate of drug-likeness (QED) is 0.661. The SMILES string of the molecule is CCCNC1CSCC1CCCSCC. The number of rotatable bonds is 8. The second kappa shape index (κ2) is 8.77. The summed E-state index contributed by atoms with van der Waals surface area (Å²) in [6.45, 7) is 5.70. The summed E-state index contributed by atoms with van der Waals surface area (Å²) < 4.78 is 0. The van der Waals surface area contributed by atoms with Crippen molar-refractivity contribution in [2.75, 3.05) is 29.6 Å². The zero-order valence-corrected chi connectivity index (χ0v) is 11.8. The molecule has 1 aliphatic heterocycles. The predicted octanol–water partition coefficient (Wildman–Crippen LogP) is 3.25. The lowest BCUT2D eigenvalue weighted by Gasteiger charge is -2.19. The molecule has 0 aliphatic carbocycles. The Balaban J connectivity index is 2.09. The van der Waals surface area contributed by atoms with Crippen molar-refractivity contribution in [3.8, 4) is 0 Å². The van der Waals surface area contributed by atoms with Crippen LogP contribution in [0, 0.1) is 5.92 Å². The van der Waals surface area contributed by atoms with Gasteiger partial charge in [-0.2, -0.15) is 23.5 Å². The van der Waals surface area contributed by atoms with Gasteiger partial charge in [-0.05, 0) is 49.0 Å². The molecule has 1 nitrogen and oxygen atoms in total. The van der Waals surface area contributed by atoms with Crippen molar-refractivity contribution < 1.29 is 0 Å². The molecule has 90 valence electrons. The fourth-order valence-corrected chi connectivity index (χ4v) is 4.17. The van der Waals surface area contributed by atoms with E-state index in [4.69, 9.17) is 0 Å². The van der Waals surface area contributed by atoms with E-state index in [1.54, 1.807) is 0 Å². The van der Waals surface area contributed by atoms with Crippen molar-refractivity contribution in [1.29, 1.82) is 0 Å². The zero-order chi connectivity index (χ0) is 10.9. The molecule has 1 fully saturated rings. The Morgan fingerprint density at radius 1 is 1.33 bits per heavy atom. The van der Waals surface area contributed by atoms with Gasteiger partial charge in [0, 0.05) is 11.8 Å². The van der Waals surface area contributed by atoms with E-state index in [0.29, 0.717) is 0 Å². The maximum Gasteiger partial charge on any atom is 0.0194 e. The Morgan fingerprint density at radius 2 is 2.20 bits per heavy atom. The molecule has 1 heterocycles. The third kappa shape index (κ3) is 5.50. The van der Waals surface area contributed by atoms with E-state index >= 15 is 0 Å². The lowest BCUT2D eigenvalue weighted by Crippen LogP contribution is -2.35. The van der Waals surface area contributed by atoms with Crippen molar-refractivity contribution in [3.63, 3.8) is 0 Å². The van der Waals surface area contributed by atoms with E-state index in [1.165, 1.54) is 48.8 Å². The largest absolute Gasteiger partial charge is 0.313 e. The van der Waals surface area contributed by atoms with Gasteiger partial charge in [0.25, 0.3) is 0 Å². The van der Waals surface area contributed by atoms with Crippen LogP contribution in [0.1, 0.15) is 33.1 Å². The minimum Gasteiger partial charge on any atom is -0.313 e. The molecular formula is C12H25NS2. The smallest absolute Gasteiger partial charge is 0.0194 e. The molecule has 15 heavy (non-hydrogen) atoms. The summed E-state index contributed by atoms with van der Waals surface area (Å²) in [6, 6.07) is 0.807. The number of hydrogen-bond donors (Lipinski definition) is 1. The molecule has 0 aromatic rings. The lowest BCUT2D eigenvalue weighted by molar-refractivity contribution is 0.403. The van der Waals surface area contributed by atoms with Crippen LogP contribution < -0.4 is 5.32 Å². The monoisotopic (exact) mass is 247 g/mol. The maximum absolute atomic E-state index is 3.69. The highest BCUT2D eigenvalue weighted by Gasteiger charge is 2.26. The molecule has 0 spiro atoms. The Labute approximate surface area is 104 Å². The summed E-state index contributed by atoms with van der Waals surface area (Å²) in [6.07, 6.45) is 4.11.